The number of hydrogen-bond donors (Lipinski definition) is 1. The fraction of sp³-hybridized carbons (Fsp3) is 0.278. The molecule has 0 aliphatic carbocycles. The molecule has 0 fully saturated rings. The highest BCUT2D eigenvalue weighted by molar-refractivity contribution is 5.94. The summed E-state index contributed by atoms with van der Waals surface area (Å²) < 4.78 is 27.4. The number of pyridine rings is 1. The third kappa shape index (κ3) is 2.87. The van der Waals surface area contributed by atoms with E-state index in [0.717, 1.165) is 17.2 Å². The lowest BCUT2D eigenvalue weighted by molar-refractivity contribution is -0.132. The Morgan fingerprint density at radius 3 is 2.88 bits per heavy atom. The van der Waals surface area contributed by atoms with E-state index in [2.05, 4.69) is 10.3 Å². The van der Waals surface area contributed by atoms with Crippen LogP contribution in [0.25, 0.3) is 0 Å². The highest BCUT2D eigenvalue weighted by Crippen LogP contribution is 2.27. The van der Waals surface area contributed by atoms with Gasteiger partial charge in [0.1, 0.15) is 6.54 Å². The van der Waals surface area contributed by atoms with Gasteiger partial charge in [0.2, 0.25) is 5.91 Å². The van der Waals surface area contributed by atoms with Gasteiger partial charge in [-0.15, -0.1) is 0 Å². The van der Waals surface area contributed by atoms with Gasteiger partial charge in [0.05, 0.1) is 12.2 Å². The number of aromatic nitrogens is 1. The van der Waals surface area contributed by atoms with Gasteiger partial charge < -0.3 is 15.1 Å². The molecule has 3 amide bonds. The third-order valence-corrected chi connectivity index (χ3v) is 4.77. The van der Waals surface area contributed by atoms with Crippen LogP contribution in [0.3, 0.4) is 0 Å². The van der Waals surface area contributed by atoms with E-state index in [1.54, 1.807) is 17.3 Å². The maximum Gasteiger partial charge on any atom is 0.322 e. The van der Waals surface area contributed by atoms with E-state index in [-0.39, 0.29) is 30.2 Å². The minimum Gasteiger partial charge on any atom is -0.336 e. The highest BCUT2D eigenvalue weighted by atomic mass is 19.2. The van der Waals surface area contributed by atoms with Crippen molar-refractivity contribution in [1.29, 1.82) is 0 Å². The molecule has 8 heteroatoms. The van der Waals surface area contributed by atoms with E-state index in [0.29, 0.717) is 19.5 Å². The number of amides is 3. The average Bonchev–Trinajstić information content (AvgIpc) is 2.65. The second-order valence-corrected chi connectivity index (χ2v) is 6.38. The van der Waals surface area contributed by atoms with Crippen LogP contribution in [-0.2, 0) is 24.3 Å². The monoisotopic (exact) mass is 358 g/mol. The third-order valence-electron chi connectivity index (χ3n) is 4.77. The lowest BCUT2D eigenvalue weighted by Gasteiger charge is -2.33. The molecular formula is C18H16F2N4O2. The molecule has 1 aromatic carbocycles. The molecule has 0 saturated heterocycles. The first-order valence-electron chi connectivity index (χ1n) is 8.25. The number of nitrogens with one attached hydrogen (secondary N) is 1. The predicted octanol–water partition coefficient (Wildman–Crippen LogP) is 2.29. The van der Waals surface area contributed by atoms with Crippen molar-refractivity contribution in [2.45, 2.75) is 19.5 Å². The zero-order chi connectivity index (χ0) is 18.3. The summed E-state index contributed by atoms with van der Waals surface area (Å²) in [5.41, 5.74) is 2.42. The van der Waals surface area contributed by atoms with Gasteiger partial charge in [-0.1, -0.05) is 0 Å². The van der Waals surface area contributed by atoms with Gasteiger partial charge in [-0.05, 0) is 35.7 Å². The number of hydrogen-bond acceptors (Lipinski definition) is 3. The Hall–Kier alpha value is -3.03. The molecule has 4 rings (SSSR count). The molecule has 0 saturated carbocycles. The number of rotatable bonds is 2. The Labute approximate surface area is 148 Å². The van der Waals surface area contributed by atoms with Crippen molar-refractivity contribution in [3.05, 3.63) is 58.9 Å². The Morgan fingerprint density at radius 1 is 1.19 bits per heavy atom. The van der Waals surface area contributed by atoms with Crippen LogP contribution in [0.2, 0.25) is 0 Å². The Kier molecular flexibility index (Phi) is 4.02. The van der Waals surface area contributed by atoms with Crippen LogP contribution < -0.4 is 5.32 Å². The summed E-state index contributed by atoms with van der Waals surface area (Å²) >= 11 is 0. The normalized spacial score (nSPS) is 16.0. The molecule has 6 nitrogen and oxygen atoms in total. The zero-order valence-electron chi connectivity index (χ0n) is 13.8. The topological polar surface area (TPSA) is 65.5 Å². The number of halogens is 2. The number of carbonyl (C=O) groups is 2. The van der Waals surface area contributed by atoms with Gasteiger partial charge in [-0.3, -0.25) is 9.78 Å². The molecule has 0 bridgehead atoms. The fourth-order valence-corrected chi connectivity index (χ4v) is 3.30. The second-order valence-electron chi connectivity index (χ2n) is 6.38. The first-order chi connectivity index (χ1) is 12.5. The van der Waals surface area contributed by atoms with Crippen LogP contribution in [0.5, 0.6) is 0 Å². The van der Waals surface area contributed by atoms with Crippen molar-refractivity contribution in [2.75, 3.05) is 18.4 Å². The van der Waals surface area contributed by atoms with Gasteiger partial charge in [0.15, 0.2) is 11.6 Å². The van der Waals surface area contributed by atoms with E-state index in [1.165, 1.54) is 11.0 Å². The molecule has 26 heavy (non-hydrogen) atoms. The molecular weight excluding hydrogens is 342 g/mol. The van der Waals surface area contributed by atoms with Crippen LogP contribution in [0.4, 0.5) is 19.3 Å². The molecule has 0 atom stereocenters. The van der Waals surface area contributed by atoms with E-state index in [4.69, 9.17) is 0 Å². The van der Waals surface area contributed by atoms with E-state index < -0.39 is 17.7 Å². The molecule has 1 N–H and O–H groups in total. The van der Waals surface area contributed by atoms with Crippen molar-refractivity contribution in [3.8, 4) is 0 Å². The van der Waals surface area contributed by atoms with E-state index >= 15 is 0 Å². The van der Waals surface area contributed by atoms with Crippen molar-refractivity contribution in [3.63, 3.8) is 0 Å². The van der Waals surface area contributed by atoms with Crippen molar-refractivity contribution in [1.82, 2.24) is 14.8 Å². The van der Waals surface area contributed by atoms with Crippen molar-refractivity contribution >= 4 is 17.6 Å². The van der Waals surface area contributed by atoms with Gasteiger partial charge in [-0.25, -0.2) is 13.6 Å². The molecule has 1 aromatic heterocycles. The van der Waals surface area contributed by atoms with Gasteiger partial charge >= 0.3 is 6.03 Å². The zero-order valence-corrected chi connectivity index (χ0v) is 13.8. The Balaban J connectivity index is 1.48. The van der Waals surface area contributed by atoms with Crippen LogP contribution in [0.1, 0.15) is 16.7 Å². The summed E-state index contributed by atoms with van der Waals surface area (Å²) in [6.45, 7) is 0.644. The Morgan fingerprint density at radius 2 is 2.04 bits per heavy atom. The van der Waals surface area contributed by atoms with E-state index in [9.17, 15) is 18.4 Å². The molecule has 0 spiro atoms. The number of urea groups is 1. The minimum atomic E-state index is -1.00. The molecule has 0 unspecified atom stereocenters. The number of carbonyl (C=O) groups excluding carboxylic acids is 2. The quantitative estimate of drug-likeness (QED) is 0.896. The number of nitrogens with zero attached hydrogens (tertiary/aromatic N) is 3. The Bertz CT molecular complexity index is 903. The van der Waals surface area contributed by atoms with Crippen molar-refractivity contribution < 1.29 is 18.4 Å². The molecule has 0 radical (unpaired) electrons. The molecule has 2 aliphatic rings. The lowest BCUT2D eigenvalue weighted by Crippen LogP contribution is -2.47. The summed E-state index contributed by atoms with van der Waals surface area (Å²) in [6, 6.07) is 3.66. The smallest absolute Gasteiger partial charge is 0.322 e. The summed E-state index contributed by atoms with van der Waals surface area (Å²) in [4.78, 5) is 31.7. The maximum absolute atomic E-state index is 14.0. The second kappa shape index (κ2) is 6.36. The summed E-state index contributed by atoms with van der Waals surface area (Å²) in [6.07, 6.45) is 4.17. The first kappa shape index (κ1) is 16.4. The average molecular weight is 358 g/mol. The summed E-state index contributed by atoms with van der Waals surface area (Å²) in [5.74, 6) is -2.21. The maximum atomic E-state index is 14.0. The fourth-order valence-electron chi connectivity index (χ4n) is 3.30. The standard InChI is InChI=1S/C18H16F2N4O2/c19-14-1-2-15-13(17(14)20)9-24(18(26)22-15)10-16(25)23-6-4-11-7-21-5-3-12(11)8-23/h1-3,5,7H,4,6,8-10H2,(H,22,26). The van der Waals surface area contributed by atoms with Gasteiger partial charge in [0, 0.05) is 31.0 Å². The van der Waals surface area contributed by atoms with Crippen LogP contribution in [0, 0.1) is 11.6 Å². The first-order valence-corrected chi connectivity index (χ1v) is 8.25. The highest BCUT2D eigenvalue weighted by Gasteiger charge is 2.30. The molecule has 134 valence electrons. The van der Waals surface area contributed by atoms with Crippen LogP contribution >= 0.6 is 0 Å². The van der Waals surface area contributed by atoms with Crippen LogP contribution in [0.15, 0.2) is 30.6 Å². The molecule has 2 aromatic rings. The van der Waals surface area contributed by atoms with Crippen molar-refractivity contribution in [2.24, 2.45) is 0 Å². The molecule has 2 aliphatic heterocycles. The number of benzene rings is 1. The predicted molar refractivity (Wildman–Crippen MR) is 89.1 cm³/mol. The number of fused-ring (bicyclic) bond motifs is 2. The summed E-state index contributed by atoms with van der Waals surface area (Å²) in [7, 11) is 0. The largest absolute Gasteiger partial charge is 0.336 e. The minimum absolute atomic E-state index is 0.0486. The van der Waals surface area contributed by atoms with Crippen LogP contribution in [-0.4, -0.2) is 39.8 Å². The summed E-state index contributed by atoms with van der Waals surface area (Å²) in [5, 5.41) is 2.50. The molecule has 3 heterocycles. The van der Waals surface area contributed by atoms with Gasteiger partial charge in [-0.2, -0.15) is 0 Å². The van der Waals surface area contributed by atoms with E-state index in [1.807, 2.05) is 6.07 Å². The lowest BCUT2D eigenvalue weighted by atomic mass is 10.0. The SMILES string of the molecule is O=C(CN1Cc2c(ccc(F)c2F)NC1=O)N1CCc2cnccc2C1. The van der Waals surface area contributed by atoms with Gasteiger partial charge in [0.25, 0.3) is 0 Å². The number of anilines is 1.